The summed E-state index contributed by atoms with van der Waals surface area (Å²) >= 11 is 0. The molecule has 2 saturated heterocycles. The van der Waals surface area contributed by atoms with E-state index in [0.717, 1.165) is 63.5 Å². The molecule has 8 heteroatoms. The number of hydrogen-bond donors (Lipinski definition) is 4. The van der Waals surface area contributed by atoms with E-state index in [-0.39, 0.29) is 0 Å². The number of anilines is 4. The van der Waals surface area contributed by atoms with Crippen LogP contribution in [0.3, 0.4) is 0 Å². The van der Waals surface area contributed by atoms with E-state index in [4.69, 9.17) is 5.73 Å². The summed E-state index contributed by atoms with van der Waals surface area (Å²) in [7, 11) is 2.16. The molecule has 3 heterocycles. The van der Waals surface area contributed by atoms with E-state index >= 15 is 0 Å². The van der Waals surface area contributed by atoms with E-state index in [2.05, 4.69) is 62.0 Å². The number of nitrogens with zero attached hydrogens (tertiary/aromatic N) is 3. The number of rotatable bonds is 6. The Morgan fingerprint density at radius 1 is 1.13 bits per heavy atom. The van der Waals surface area contributed by atoms with E-state index in [9.17, 15) is 4.79 Å². The lowest BCUT2D eigenvalue weighted by molar-refractivity contribution is 0.100. The normalized spacial score (nSPS) is 18.2. The van der Waals surface area contributed by atoms with Crippen LogP contribution in [0.1, 0.15) is 23.2 Å². The molecule has 2 aliphatic heterocycles. The highest BCUT2D eigenvalue weighted by molar-refractivity contribution is 5.98. The van der Waals surface area contributed by atoms with Crippen molar-refractivity contribution in [2.75, 3.05) is 61.8 Å². The number of nitrogens with two attached hydrogens (primary N) is 1. The van der Waals surface area contributed by atoms with Crippen molar-refractivity contribution in [2.45, 2.75) is 18.9 Å². The maximum Gasteiger partial charge on any atom is 0.252 e. The van der Waals surface area contributed by atoms with Crippen LogP contribution >= 0.6 is 0 Å². The zero-order valence-corrected chi connectivity index (χ0v) is 17.5. The van der Waals surface area contributed by atoms with Crippen LogP contribution in [0.4, 0.5) is 22.9 Å². The second-order valence-electron chi connectivity index (χ2n) is 8.11. The lowest BCUT2D eigenvalue weighted by atomic mass is 10.1. The molecule has 0 atom stereocenters. The molecular formula is C22H31N7O. The minimum Gasteiger partial charge on any atom is -0.381 e. The van der Waals surface area contributed by atoms with Crippen molar-refractivity contribution in [3.63, 3.8) is 0 Å². The number of aromatic nitrogens is 1. The largest absolute Gasteiger partial charge is 0.381 e. The van der Waals surface area contributed by atoms with E-state index in [1.54, 1.807) is 6.20 Å². The van der Waals surface area contributed by atoms with E-state index in [0.29, 0.717) is 17.4 Å². The van der Waals surface area contributed by atoms with Crippen molar-refractivity contribution in [2.24, 2.45) is 5.73 Å². The van der Waals surface area contributed by atoms with Crippen LogP contribution in [0.25, 0.3) is 0 Å². The molecule has 2 aliphatic rings. The molecule has 5 N–H and O–H groups in total. The average molecular weight is 410 g/mol. The lowest BCUT2D eigenvalue weighted by Gasteiger charge is -2.34. The molecule has 160 valence electrons. The number of nitrogens with one attached hydrogen (secondary N) is 3. The van der Waals surface area contributed by atoms with Gasteiger partial charge in [0.25, 0.3) is 5.91 Å². The highest BCUT2D eigenvalue weighted by Gasteiger charge is 2.17. The molecule has 1 amide bonds. The van der Waals surface area contributed by atoms with Crippen LogP contribution < -0.4 is 26.6 Å². The van der Waals surface area contributed by atoms with Gasteiger partial charge in [-0.2, -0.15) is 0 Å². The minimum absolute atomic E-state index is 0.322. The first-order valence-electron chi connectivity index (χ1n) is 10.7. The van der Waals surface area contributed by atoms with Crippen molar-refractivity contribution in [1.29, 1.82) is 0 Å². The van der Waals surface area contributed by atoms with Gasteiger partial charge in [0.05, 0.1) is 11.3 Å². The summed E-state index contributed by atoms with van der Waals surface area (Å²) in [6.45, 7) is 6.21. The Balaban J connectivity index is 1.45. The molecule has 0 saturated carbocycles. The van der Waals surface area contributed by atoms with Gasteiger partial charge < -0.3 is 31.5 Å². The van der Waals surface area contributed by atoms with E-state index < -0.39 is 5.91 Å². The fraction of sp³-hybridized carbons (Fsp3) is 0.455. The number of likely N-dealkylation sites (N-methyl/N-ethyl adjacent to an activating group) is 1. The first kappa shape index (κ1) is 20.4. The van der Waals surface area contributed by atoms with Gasteiger partial charge in [0.15, 0.2) is 0 Å². The molecule has 0 radical (unpaired) electrons. The Morgan fingerprint density at radius 3 is 2.50 bits per heavy atom. The summed E-state index contributed by atoms with van der Waals surface area (Å²) < 4.78 is 0. The second kappa shape index (κ2) is 9.32. The molecule has 1 aromatic heterocycles. The van der Waals surface area contributed by atoms with Gasteiger partial charge in [-0.1, -0.05) is 0 Å². The van der Waals surface area contributed by atoms with Crippen LogP contribution in [0, 0.1) is 0 Å². The van der Waals surface area contributed by atoms with Crippen molar-refractivity contribution >= 4 is 28.8 Å². The number of primary amides is 1. The number of benzene rings is 1. The van der Waals surface area contributed by atoms with Gasteiger partial charge in [-0.15, -0.1) is 0 Å². The quantitative estimate of drug-likeness (QED) is 0.578. The standard InChI is InChI=1S/C22H31N7O/c1-28-10-12-29(13-11-28)18-4-2-16(3-5-18)27-21-14-20(19(15-25-21)22(23)30)26-17-6-8-24-9-7-17/h2-5,14-15,17,24H,6-13H2,1H3,(H2,23,30)(H2,25,26,27). The molecule has 4 rings (SSSR count). The van der Waals surface area contributed by atoms with Crippen molar-refractivity contribution in [1.82, 2.24) is 15.2 Å². The predicted octanol–water partition coefficient (Wildman–Crippen LogP) is 1.84. The highest BCUT2D eigenvalue weighted by atomic mass is 16.1. The summed E-state index contributed by atoms with van der Waals surface area (Å²) in [5.74, 6) is 0.214. The summed E-state index contributed by atoms with van der Waals surface area (Å²) in [6.07, 6.45) is 3.57. The average Bonchev–Trinajstić information content (AvgIpc) is 2.76. The number of pyridine rings is 1. The molecule has 8 nitrogen and oxygen atoms in total. The Bertz CT molecular complexity index is 856. The van der Waals surface area contributed by atoms with Gasteiger partial charge in [-0.25, -0.2) is 4.98 Å². The minimum atomic E-state index is -0.470. The topological polar surface area (TPSA) is 98.5 Å². The molecule has 0 unspecified atom stereocenters. The van der Waals surface area contributed by atoms with Gasteiger partial charge >= 0.3 is 0 Å². The van der Waals surface area contributed by atoms with E-state index in [1.165, 1.54) is 5.69 Å². The molecule has 2 fully saturated rings. The summed E-state index contributed by atoms with van der Waals surface area (Å²) in [4.78, 5) is 21.0. The molecule has 0 aliphatic carbocycles. The third-order valence-corrected chi connectivity index (χ3v) is 5.88. The molecule has 2 aromatic rings. The maximum atomic E-state index is 11.8. The van der Waals surface area contributed by atoms with Gasteiger partial charge in [-0.3, -0.25) is 4.79 Å². The first-order valence-corrected chi connectivity index (χ1v) is 10.7. The van der Waals surface area contributed by atoms with E-state index in [1.807, 2.05) is 6.07 Å². The number of carbonyl (C=O) groups is 1. The van der Waals surface area contributed by atoms with Crippen LogP contribution in [-0.2, 0) is 0 Å². The third-order valence-electron chi connectivity index (χ3n) is 5.88. The van der Waals surface area contributed by atoms with Crippen molar-refractivity contribution in [3.05, 3.63) is 42.1 Å². The Labute approximate surface area is 177 Å². The zero-order valence-electron chi connectivity index (χ0n) is 17.5. The number of piperazine rings is 1. The Kier molecular flexibility index (Phi) is 6.35. The number of piperidine rings is 1. The maximum absolute atomic E-state index is 11.8. The smallest absolute Gasteiger partial charge is 0.252 e. The van der Waals surface area contributed by atoms with Gasteiger partial charge in [-0.05, 0) is 57.2 Å². The number of amides is 1. The van der Waals surface area contributed by atoms with Gasteiger partial charge in [0.1, 0.15) is 5.82 Å². The van der Waals surface area contributed by atoms with Crippen molar-refractivity contribution in [3.8, 4) is 0 Å². The van der Waals surface area contributed by atoms with Crippen LogP contribution in [-0.4, -0.2) is 68.1 Å². The monoisotopic (exact) mass is 409 g/mol. The number of hydrogen-bond acceptors (Lipinski definition) is 7. The lowest BCUT2D eigenvalue weighted by Crippen LogP contribution is -2.44. The molecule has 0 spiro atoms. The molecule has 0 bridgehead atoms. The molecule has 1 aromatic carbocycles. The second-order valence-corrected chi connectivity index (χ2v) is 8.11. The Morgan fingerprint density at radius 2 is 1.83 bits per heavy atom. The third kappa shape index (κ3) is 5.01. The zero-order chi connectivity index (χ0) is 20.9. The number of carbonyl (C=O) groups excluding carboxylic acids is 1. The fourth-order valence-corrected chi connectivity index (χ4v) is 3.99. The van der Waals surface area contributed by atoms with Crippen LogP contribution in [0.15, 0.2) is 36.5 Å². The Hall–Kier alpha value is -2.84. The summed E-state index contributed by atoms with van der Waals surface area (Å²) in [5, 5.41) is 10.2. The van der Waals surface area contributed by atoms with Crippen LogP contribution in [0.5, 0.6) is 0 Å². The molecule has 30 heavy (non-hydrogen) atoms. The highest BCUT2D eigenvalue weighted by Crippen LogP contribution is 2.25. The van der Waals surface area contributed by atoms with Crippen molar-refractivity contribution < 1.29 is 4.79 Å². The summed E-state index contributed by atoms with van der Waals surface area (Å²) in [6, 6.07) is 10.6. The fourth-order valence-electron chi connectivity index (χ4n) is 3.99. The van der Waals surface area contributed by atoms with Gasteiger partial charge in [0.2, 0.25) is 0 Å². The first-order chi connectivity index (χ1) is 14.6. The predicted molar refractivity (Wildman–Crippen MR) is 122 cm³/mol. The molecular weight excluding hydrogens is 378 g/mol. The van der Waals surface area contributed by atoms with Crippen LogP contribution in [0.2, 0.25) is 0 Å². The SMILES string of the molecule is CN1CCN(c2ccc(Nc3cc(NC4CCNCC4)c(C(N)=O)cn3)cc2)CC1. The van der Waals surface area contributed by atoms with Gasteiger partial charge in [0, 0.05) is 55.9 Å². The summed E-state index contributed by atoms with van der Waals surface area (Å²) in [5.41, 5.74) is 8.91.